The third-order valence-corrected chi connectivity index (χ3v) is 2.46. The lowest BCUT2D eigenvalue weighted by Gasteiger charge is -2.01. The summed E-state index contributed by atoms with van der Waals surface area (Å²) in [6, 6.07) is 1.88. The molecule has 2 rings (SSSR count). The fourth-order valence-electron chi connectivity index (χ4n) is 1.61. The summed E-state index contributed by atoms with van der Waals surface area (Å²) in [7, 11) is 0. The number of aldehydes is 1. The van der Waals surface area contributed by atoms with Crippen molar-refractivity contribution in [3.05, 3.63) is 29.2 Å². The van der Waals surface area contributed by atoms with E-state index in [0.717, 1.165) is 36.2 Å². The fourth-order valence-corrected chi connectivity index (χ4v) is 1.61. The highest BCUT2D eigenvalue weighted by atomic mass is 16.1. The van der Waals surface area contributed by atoms with Crippen molar-refractivity contribution in [3.8, 4) is 0 Å². The lowest BCUT2D eigenvalue weighted by atomic mass is 10.2. The minimum atomic E-state index is 0.694. The van der Waals surface area contributed by atoms with Gasteiger partial charge in [-0.3, -0.25) is 9.20 Å². The number of nitrogens with zero attached hydrogens (tertiary/aromatic N) is 3. The summed E-state index contributed by atoms with van der Waals surface area (Å²) in [5.74, 6) is 0.913. The maximum atomic E-state index is 10.8. The van der Waals surface area contributed by atoms with Gasteiger partial charge in [0, 0.05) is 18.2 Å². The number of aromatic nitrogens is 3. The van der Waals surface area contributed by atoms with Crippen LogP contribution in [0.4, 0.5) is 0 Å². The van der Waals surface area contributed by atoms with Crippen LogP contribution in [0.25, 0.3) is 5.65 Å². The quantitative estimate of drug-likeness (QED) is 0.715. The second kappa shape index (κ2) is 3.81. The number of hydrogen-bond donors (Lipinski definition) is 0. The zero-order chi connectivity index (χ0) is 10.8. The number of aryl methyl sites for hydroxylation is 2. The van der Waals surface area contributed by atoms with Gasteiger partial charge in [-0.15, -0.1) is 10.2 Å². The summed E-state index contributed by atoms with van der Waals surface area (Å²) in [4.78, 5) is 10.8. The molecule has 4 nitrogen and oxygen atoms in total. The standard InChI is InChI=1S/C11H13N3O/c1-3-4-10-12-13-11-5-8(2)9(7-15)6-14(10)11/h5-7H,3-4H2,1-2H3. The SMILES string of the molecule is CCCc1nnc2cc(C)c(C=O)cn12. The number of carbonyl (C=O) groups excluding carboxylic acids is 1. The minimum absolute atomic E-state index is 0.694. The molecule has 0 saturated heterocycles. The Balaban J connectivity index is 2.63. The van der Waals surface area contributed by atoms with Crippen LogP contribution in [-0.4, -0.2) is 20.9 Å². The van der Waals surface area contributed by atoms with Gasteiger partial charge in [-0.1, -0.05) is 6.92 Å². The molecular weight excluding hydrogens is 190 g/mol. The fraction of sp³-hybridized carbons (Fsp3) is 0.364. The Hall–Kier alpha value is -1.71. The van der Waals surface area contributed by atoms with Gasteiger partial charge in [0.2, 0.25) is 0 Å². The Morgan fingerprint density at radius 1 is 1.47 bits per heavy atom. The summed E-state index contributed by atoms with van der Waals surface area (Å²) in [6.45, 7) is 3.99. The Kier molecular flexibility index (Phi) is 2.49. The van der Waals surface area contributed by atoms with Crippen molar-refractivity contribution in [3.63, 3.8) is 0 Å². The first-order valence-electron chi connectivity index (χ1n) is 5.05. The lowest BCUT2D eigenvalue weighted by Crippen LogP contribution is -1.97. The molecule has 15 heavy (non-hydrogen) atoms. The molecule has 0 fully saturated rings. The molecule has 0 aliphatic heterocycles. The molecule has 0 aliphatic rings. The van der Waals surface area contributed by atoms with E-state index in [1.807, 2.05) is 23.6 Å². The Morgan fingerprint density at radius 3 is 2.93 bits per heavy atom. The van der Waals surface area contributed by atoms with Gasteiger partial charge < -0.3 is 0 Å². The van der Waals surface area contributed by atoms with Gasteiger partial charge in [0.05, 0.1) is 0 Å². The summed E-state index contributed by atoms with van der Waals surface area (Å²) >= 11 is 0. The zero-order valence-corrected chi connectivity index (χ0v) is 8.90. The molecule has 2 aromatic heterocycles. The van der Waals surface area contributed by atoms with Crippen LogP contribution in [0, 0.1) is 6.92 Å². The minimum Gasteiger partial charge on any atom is -0.298 e. The molecule has 0 spiro atoms. The van der Waals surface area contributed by atoms with E-state index in [9.17, 15) is 4.79 Å². The van der Waals surface area contributed by atoms with Crippen LogP contribution in [-0.2, 0) is 6.42 Å². The van der Waals surface area contributed by atoms with Gasteiger partial charge in [-0.05, 0) is 25.0 Å². The van der Waals surface area contributed by atoms with E-state index in [1.54, 1.807) is 0 Å². The van der Waals surface area contributed by atoms with Crippen molar-refractivity contribution in [1.82, 2.24) is 14.6 Å². The highest BCUT2D eigenvalue weighted by Crippen LogP contribution is 2.11. The third kappa shape index (κ3) is 1.63. The first-order valence-corrected chi connectivity index (χ1v) is 5.05. The van der Waals surface area contributed by atoms with E-state index >= 15 is 0 Å². The molecule has 0 unspecified atom stereocenters. The smallest absolute Gasteiger partial charge is 0.161 e. The molecule has 0 amide bonds. The average Bonchev–Trinajstić information content (AvgIpc) is 2.60. The Labute approximate surface area is 87.9 Å². The molecule has 78 valence electrons. The summed E-state index contributed by atoms with van der Waals surface area (Å²) < 4.78 is 1.89. The Bertz CT molecular complexity index is 502. The number of carbonyl (C=O) groups is 1. The monoisotopic (exact) mass is 203 g/mol. The van der Waals surface area contributed by atoms with Gasteiger partial charge in [-0.25, -0.2) is 0 Å². The van der Waals surface area contributed by atoms with E-state index in [-0.39, 0.29) is 0 Å². The van der Waals surface area contributed by atoms with Crippen LogP contribution in [0.15, 0.2) is 12.3 Å². The van der Waals surface area contributed by atoms with E-state index in [1.165, 1.54) is 0 Å². The van der Waals surface area contributed by atoms with Crippen molar-refractivity contribution in [2.24, 2.45) is 0 Å². The molecule has 0 bridgehead atoms. The van der Waals surface area contributed by atoms with Gasteiger partial charge >= 0.3 is 0 Å². The molecule has 0 aromatic carbocycles. The van der Waals surface area contributed by atoms with Gasteiger partial charge in [0.15, 0.2) is 11.9 Å². The van der Waals surface area contributed by atoms with Crippen LogP contribution in [0.2, 0.25) is 0 Å². The molecule has 0 aliphatic carbocycles. The van der Waals surface area contributed by atoms with Gasteiger partial charge in [0.1, 0.15) is 5.82 Å². The summed E-state index contributed by atoms with van der Waals surface area (Å²) in [5.41, 5.74) is 2.44. The van der Waals surface area contributed by atoms with Crippen molar-refractivity contribution in [2.75, 3.05) is 0 Å². The van der Waals surface area contributed by atoms with Crippen LogP contribution < -0.4 is 0 Å². The van der Waals surface area contributed by atoms with E-state index < -0.39 is 0 Å². The van der Waals surface area contributed by atoms with Crippen LogP contribution >= 0.6 is 0 Å². The first kappa shape index (κ1) is 9.83. The van der Waals surface area contributed by atoms with Crippen LogP contribution in [0.1, 0.15) is 35.1 Å². The highest BCUT2D eigenvalue weighted by Gasteiger charge is 2.07. The molecule has 0 radical (unpaired) electrons. The van der Waals surface area contributed by atoms with E-state index in [4.69, 9.17) is 0 Å². The number of fused-ring (bicyclic) bond motifs is 1. The predicted octanol–water partition coefficient (Wildman–Crippen LogP) is 1.80. The third-order valence-electron chi connectivity index (χ3n) is 2.46. The molecule has 2 heterocycles. The van der Waals surface area contributed by atoms with Gasteiger partial charge in [-0.2, -0.15) is 0 Å². The first-order chi connectivity index (χ1) is 7.26. The molecule has 0 atom stereocenters. The largest absolute Gasteiger partial charge is 0.298 e. The molecule has 0 N–H and O–H groups in total. The average molecular weight is 203 g/mol. The Morgan fingerprint density at radius 2 is 2.27 bits per heavy atom. The predicted molar refractivity (Wildman–Crippen MR) is 57.1 cm³/mol. The number of hydrogen-bond acceptors (Lipinski definition) is 3. The maximum absolute atomic E-state index is 10.8. The van der Waals surface area contributed by atoms with Crippen molar-refractivity contribution < 1.29 is 4.79 Å². The maximum Gasteiger partial charge on any atom is 0.161 e. The highest BCUT2D eigenvalue weighted by molar-refractivity contribution is 5.77. The topological polar surface area (TPSA) is 47.3 Å². The van der Waals surface area contributed by atoms with E-state index in [2.05, 4.69) is 17.1 Å². The second-order valence-corrected chi connectivity index (χ2v) is 3.62. The zero-order valence-electron chi connectivity index (χ0n) is 8.90. The van der Waals surface area contributed by atoms with Crippen LogP contribution in [0.3, 0.4) is 0 Å². The van der Waals surface area contributed by atoms with Crippen molar-refractivity contribution in [1.29, 1.82) is 0 Å². The van der Waals surface area contributed by atoms with Crippen LogP contribution in [0.5, 0.6) is 0 Å². The molecular formula is C11H13N3O. The molecule has 0 saturated carbocycles. The lowest BCUT2D eigenvalue weighted by molar-refractivity contribution is 0.112. The second-order valence-electron chi connectivity index (χ2n) is 3.62. The van der Waals surface area contributed by atoms with Crippen molar-refractivity contribution in [2.45, 2.75) is 26.7 Å². The summed E-state index contributed by atoms with van der Waals surface area (Å²) in [5, 5.41) is 8.17. The summed E-state index contributed by atoms with van der Waals surface area (Å²) in [6.07, 6.45) is 4.57. The molecule has 4 heteroatoms. The number of rotatable bonds is 3. The normalized spacial score (nSPS) is 10.8. The number of pyridine rings is 1. The van der Waals surface area contributed by atoms with Gasteiger partial charge in [0.25, 0.3) is 0 Å². The molecule has 2 aromatic rings. The van der Waals surface area contributed by atoms with Crippen molar-refractivity contribution >= 4 is 11.9 Å². The van der Waals surface area contributed by atoms with E-state index in [0.29, 0.717) is 5.56 Å².